The molecule has 5 heteroatoms. The van der Waals surface area contributed by atoms with E-state index in [1.165, 1.54) is 0 Å². The molecule has 116 valence electrons. The Hall–Kier alpha value is -1.88. The van der Waals surface area contributed by atoms with Crippen LogP contribution in [0.1, 0.15) is 24.5 Å². The highest BCUT2D eigenvalue weighted by molar-refractivity contribution is 5.85. The van der Waals surface area contributed by atoms with Crippen LogP contribution in [0.25, 0.3) is 6.08 Å². The average molecular weight is 291 g/mol. The van der Waals surface area contributed by atoms with Gasteiger partial charge in [0.25, 0.3) is 0 Å². The summed E-state index contributed by atoms with van der Waals surface area (Å²) in [5.74, 6) is 0.0272. The minimum Gasteiger partial charge on any atom is -0.478 e. The molecular weight excluding hydrogens is 266 g/mol. The highest BCUT2D eigenvalue weighted by atomic mass is 16.4. The van der Waals surface area contributed by atoms with Crippen molar-refractivity contribution in [3.8, 4) is 0 Å². The number of hydrogen-bond acceptors (Lipinski definition) is 4. The highest BCUT2D eigenvalue weighted by Crippen LogP contribution is 2.18. The summed E-state index contributed by atoms with van der Waals surface area (Å²) in [6.07, 6.45) is 5.50. The molecule has 1 N–H and O–H groups in total. The lowest BCUT2D eigenvalue weighted by atomic mass is 10.2. The monoisotopic (exact) mass is 291 g/mol. The number of anilines is 1. The zero-order valence-electron chi connectivity index (χ0n) is 13.3. The quantitative estimate of drug-likeness (QED) is 0.745. The molecule has 0 radical (unpaired) electrons. The molecule has 0 aliphatic heterocycles. The van der Waals surface area contributed by atoms with E-state index < -0.39 is 5.97 Å². The van der Waals surface area contributed by atoms with Crippen LogP contribution in [0.3, 0.4) is 0 Å². The molecule has 0 fully saturated rings. The molecule has 1 rings (SSSR count). The maximum absolute atomic E-state index is 10.5. The molecular formula is C16H25N3O2. The zero-order valence-corrected chi connectivity index (χ0v) is 13.3. The Morgan fingerprint density at radius 2 is 2.10 bits per heavy atom. The minimum atomic E-state index is -0.949. The largest absolute Gasteiger partial charge is 0.478 e. The molecule has 0 saturated heterocycles. The molecule has 1 aromatic heterocycles. The first-order valence-electron chi connectivity index (χ1n) is 7.21. The van der Waals surface area contributed by atoms with Crippen LogP contribution in [0.15, 0.2) is 18.3 Å². The molecule has 5 nitrogen and oxygen atoms in total. The van der Waals surface area contributed by atoms with Crippen LogP contribution in [0, 0.1) is 6.92 Å². The van der Waals surface area contributed by atoms with E-state index in [0.717, 1.165) is 49.1 Å². The van der Waals surface area contributed by atoms with E-state index >= 15 is 0 Å². The van der Waals surface area contributed by atoms with Crippen molar-refractivity contribution in [2.24, 2.45) is 0 Å². The van der Waals surface area contributed by atoms with Gasteiger partial charge in [0.05, 0.1) is 0 Å². The summed E-state index contributed by atoms with van der Waals surface area (Å²) in [6.45, 7) is 7.05. The summed E-state index contributed by atoms with van der Waals surface area (Å²) < 4.78 is 0. The number of carboxylic acids is 1. The third-order valence-electron chi connectivity index (χ3n) is 3.20. The number of aromatic nitrogens is 1. The van der Waals surface area contributed by atoms with E-state index in [2.05, 4.69) is 35.8 Å². The summed E-state index contributed by atoms with van der Waals surface area (Å²) in [5, 5.41) is 8.65. The number of pyridine rings is 1. The van der Waals surface area contributed by atoms with Gasteiger partial charge in [0, 0.05) is 25.4 Å². The van der Waals surface area contributed by atoms with Gasteiger partial charge in [-0.2, -0.15) is 0 Å². The van der Waals surface area contributed by atoms with Crippen LogP contribution in [-0.2, 0) is 4.79 Å². The molecule has 21 heavy (non-hydrogen) atoms. The fraction of sp³-hybridized carbons (Fsp3) is 0.500. The maximum Gasteiger partial charge on any atom is 0.328 e. The Kier molecular flexibility index (Phi) is 6.88. The number of carboxylic acid groups (broad SMARTS) is 1. The number of carbonyl (C=O) groups is 1. The Morgan fingerprint density at radius 3 is 2.62 bits per heavy atom. The normalized spacial score (nSPS) is 11.3. The van der Waals surface area contributed by atoms with Gasteiger partial charge in [-0.1, -0.05) is 0 Å². The predicted octanol–water partition coefficient (Wildman–Crippen LogP) is 2.27. The van der Waals surface area contributed by atoms with Gasteiger partial charge in [-0.3, -0.25) is 0 Å². The van der Waals surface area contributed by atoms with Gasteiger partial charge in [0.2, 0.25) is 0 Å². The topological polar surface area (TPSA) is 56.7 Å². The Balaban J connectivity index is 2.78. The number of nitrogens with zero attached hydrogens (tertiary/aromatic N) is 3. The van der Waals surface area contributed by atoms with Crippen molar-refractivity contribution in [3.05, 3.63) is 29.5 Å². The number of hydrogen-bond donors (Lipinski definition) is 1. The van der Waals surface area contributed by atoms with Gasteiger partial charge >= 0.3 is 5.97 Å². The van der Waals surface area contributed by atoms with E-state index in [1.54, 1.807) is 12.3 Å². The third kappa shape index (κ3) is 5.95. The molecule has 0 spiro atoms. The number of aryl methyl sites for hydroxylation is 1. The lowest BCUT2D eigenvalue weighted by Crippen LogP contribution is -2.28. The maximum atomic E-state index is 10.5. The van der Waals surface area contributed by atoms with E-state index in [0.29, 0.717) is 0 Å². The fourth-order valence-electron chi connectivity index (χ4n) is 2.17. The third-order valence-corrected chi connectivity index (χ3v) is 3.20. The van der Waals surface area contributed by atoms with Gasteiger partial charge in [-0.05, 0) is 64.2 Å². The molecule has 0 aromatic carbocycles. The first-order valence-corrected chi connectivity index (χ1v) is 7.21. The zero-order chi connectivity index (χ0) is 15.8. The second-order valence-corrected chi connectivity index (χ2v) is 5.32. The van der Waals surface area contributed by atoms with Crippen LogP contribution >= 0.6 is 0 Å². The lowest BCUT2D eigenvalue weighted by molar-refractivity contribution is -0.131. The van der Waals surface area contributed by atoms with Gasteiger partial charge in [-0.25, -0.2) is 9.78 Å². The lowest BCUT2D eigenvalue weighted by Gasteiger charge is -2.24. The summed E-state index contributed by atoms with van der Waals surface area (Å²) in [4.78, 5) is 19.5. The first-order chi connectivity index (χ1) is 9.93. The summed E-state index contributed by atoms with van der Waals surface area (Å²) in [5.41, 5.74) is 1.87. The Labute approximate surface area is 126 Å². The van der Waals surface area contributed by atoms with Crippen molar-refractivity contribution in [2.75, 3.05) is 38.6 Å². The summed E-state index contributed by atoms with van der Waals surface area (Å²) in [7, 11) is 4.15. The van der Waals surface area contributed by atoms with Crippen molar-refractivity contribution < 1.29 is 9.90 Å². The predicted molar refractivity (Wildman–Crippen MR) is 86.7 cm³/mol. The second kappa shape index (κ2) is 8.42. The standard InChI is InChI=1S/C16H25N3O2/c1-5-19(10-6-9-18(3)4)16-13(2)11-14(12-17-16)7-8-15(20)21/h7-8,11-12H,5-6,9-10H2,1-4H3,(H,20,21)/b8-7+. The van der Waals surface area contributed by atoms with Crippen LogP contribution in [0.4, 0.5) is 5.82 Å². The molecule has 1 heterocycles. The van der Waals surface area contributed by atoms with Crippen molar-refractivity contribution in [3.63, 3.8) is 0 Å². The van der Waals surface area contributed by atoms with Crippen LogP contribution in [-0.4, -0.2) is 54.7 Å². The van der Waals surface area contributed by atoms with E-state index in [1.807, 2.05) is 13.0 Å². The molecule has 0 saturated carbocycles. The van der Waals surface area contributed by atoms with Crippen LogP contribution < -0.4 is 4.90 Å². The second-order valence-electron chi connectivity index (χ2n) is 5.32. The van der Waals surface area contributed by atoms with Crippen molar-refractivity contribution in [1.29, 1.82) is 0 Å². The SMILES string of the molecule is CCN(CCCN(C)C)c1ncc(/C=C/C(=O)O)cc1C. The van der Waals surface area contributed by atoms with Crippen LogP contribution in [0.5, 0.6) is 0 Å². The van der Waals surface area contributed by atoms with Crippen molar-refractivity contribution in [2.45, 2.75) is 20.3 Å². The molecule has 0 aliphatic carbocycles. The van der Waals surface area contributed by atoms with Gasteiger partial charge in [0.15, 0.2) is 0 Å². The number of aliphatic carboxylic acids is 1. The molecule has 0 bridgehead atoms. The van der Waals surface area contributed by atoms with E-state index in [4.69, 9.17) is 5.11 Å². The Morgan fingerprint density at radius 1 is 1.38 bits per heavy atom. The summed E-state index contributed by atoms with van der Waals surface area (Å²) in [6, 6.07) is 1.97. The summed E-state index contributed by atoms with van der Waals surface area (Å²) >= 11 is 0. The fourth-order valence-corrected chi connectivity index (χ4v) is 2.17. The Bertz CT molecular complexity index is 498. The molecule has 0 unspecified atom stereocenters. The number of rotatable bonds is 8. The first kappa shape index (κ1) is 17.2. The smallest absolute Gasteiger partial charge is 0.328 e. The molecule has 0 aliphatic rings. The van der Waals surface area contributed by atoms with Crippen molar-refractivity contribution >= 4 is 17.9 Å². The average Bonchev–Trinajstić information content (AvgIpc) is 2.42. The van der Waals surface area contributed by atoms with Gasteiger partial charge < -0.3 is 14.9 Å². The highest BCUT2D eigenvalue weighted by Gasteiger charge is 2.09. The van der Waals surface area contributed by atoms with E-state index in [-0.39, 0.29) is 0 Å². The van der Waals surface area contributed by atoms with Gasteiger partial charge in [-0.15, -0.1) is 0 Å². The van der Waals surface area contributed by atoms with Crippen LogP contribution in [0.2, 0.25) is 0 Å². The van der Waals surface area contributed by atoms with Gasteiger partial charge in [0.1, 0.15) is 5.82 Å². The molecule has 0 atom stereocenters. The minimum absolute atomic E-state index is 0.808. The van der Waals surface area contributed by atoms with E-state index in [9.17, 15) is 4.79 Å². The molecule has 0 amide bonds. The van der Waals surface area contributed by atoms with Crippen molar-refractivity contribution in [1.82, 2.24) is 9.88 Å². The molecule has 1 aromatic rings.